The van der Waals surface area contributed by atoms with Gasteiger partial charge in [0.25, 0.3) is 11.8 Å². The molecule has 1 aliphatic heterocycles. The molecule has 0 aliphatic carbocycles. The van der Waals surface area contributed by atoms with Crippen LogP contribution in [0.25, 0.3) is 0 Å². The third-order valence-corrected chi connectivity index (χ3v) is 6.37. The molecule has 1 heterocycles. The van der Waals surface area contributed by atoms with Crippen LogP contribution in [0.5, 0.6) is 5.75 Å². The number of benzene rings is 3. The van der Waals surface area contributed by atoms with E-state index >= 15 is 0 Å². The molecular formula is C23H19ClN2O5S. The second-order valence-electron chi connectivity index (χ2n) is 7.36. The Balaban J connectivity index is 1.43. The first-order valence-corrected chi connectivity index (χ1v) is 11.9. The van der Waals surface area contributed by atoms with E-state index in [1.165, 1.54) is 30.3 Å². The minimum Gasteiger partial charge on any atom is -0.480 e. The number of anilines is 2. The van der Waals surface area contributed by atoms with Crippen LogP contribution in [0.1, 0.15) is 15.9 Å². The summed E-state index contributed by atoms with van der Waals surface area (Å²) in [6.45, 7) is 0. The van der Waals surface area contributed by atoms with Gasteiger partial charge in [-0.1, -0.05) is 35.9 Å². The van der Waals surface area contributed by atoms with Gasteiger partial charge < -0.3 is 15.4 Å². The zero-order valence-corrected chi connectivity index (χ0v) is 18.5. The summed E-state index contributed by atoms with van der Waals surface area (Å²) in [4.78, 5) is 25.1. The van der Waals surface area contributed by atoms with Gasteiger partial charge in [0.2, 0.25) is 0 Å². The molecule has 0 radical (unpaired) electrons. The molecule has 9 heteroatoms. The van der Waals surface area contributed by atoms with Gasteiger partial charge in [0.05, 0.1) is 15.6 Å². The lowest BCUT2D eigenvalue weighted by Crippen LogP contribution is -2.31. The quantitative estimate of drug-likeness (QED) is 0.588. The van der Waals surface area contributed by atoms with Gasteiger partial charge >= 0.3 is 0 Å². The summed E-state index contributed by atoms with van der Waals surface area (Å²) in [6.07, 6.45) is 0.923. The Morgan fingerprint density at radius 3 is 2.50 bits per heavy atom. The number of hydrogen-bond acceptors (Lipinski definition) is 5. The number of carbonyl (C=O) groups is 2. The zero-order valence-electron chi connectivity index (χ0n) is 17.0. The summed E-state index contributed by atoms with van der Waals surface area (Å²) in [5, 5.41) is 5.63. The molecule has 0 aromatic heterocycles. The Labute approximate surface area is 190 Å². The van der Waals surface area contributed by atoms with Crippen molar-refractivity contribution in [3.8, 4) is 5.75 Å². The maximum Gasteiger partial charge on any atom is 0.265 e. The molecule has 1 atom stereocenters. The van der Waals surface area contributed by atoms with Gasteiger partial charge in [-0.25, -0.2) is 8.42 Å². The first-order valence-electron chi connectivity index (χ1n) is 9.67. The Kier molecular flexibility index (Phi) is 5.90. The second kappa shape index (κ2) is 8.64. The monoisotopic (exact) mass is 470 g/mol. The number of fused-ring (bicyclic) bond motifs is 1. The maximum atomic E-state index is 12.6. The van der Waals surface area contributed by atoms with Crippen LogP contribution in [0.15, 0.2) is 71.6 Å². The highest BCUT2D eigenvalue weighted by Gasteiger charge is 2.28. The van der Waals surface area contributed by atoms with Crippen LogP contribution >= 0.6 is 11.6 Å². The maximum absolute atomic E-state index is 12.6. The van der Waals surface area contributed by atoms with E-state index in [2.05, 4.69) is 10.6 Å². The van der Waals surface area contributed by atoms with Crippen molar-refractivity contribution in [1.29, 1.82) is 0 Å². The molecular weight excluding hydrogens is 452 g/mol. The molecule has 7 nitrogen and oxygen atoms in total. The Morgan fingerprint density at radius 1 is 1.00 bits per heavy atom. The lowest BCUT2D eigenvalue weighted by molar-refractivity contribution is -0.122. The molecule has 2 N–H and O–H groups in total. The molecule has 0 saturated carbocycles. The highest BCUT2D eigenvalue weighted by molar-refractivity contribution is 7.90. The molecule has 0 spiro atoms. The van der Waals surface area contributed by atoms with E-state index in [1.54, 1.807) is 12.1 Å². The van der Waals surface area contributed by atoms with E-state index < -0.39 is 21.8 Å². The standard InChI is InChI=1S/C23H19ClN2O5S/c1-32(29,30)17-7-4-6-15(11-17)22(27)26-19-10-9-16(13-18(19)24)25-23(28)21-12-14-5-2-3-8-20(14)31-21/h2-11,13,21H,12H2,1H3,(H,25,28)(H,26,27). The van der Waals surface area contributed by atoms with E-state index in [0.29, 0.717) is 23.5 Å². The normalized spacial score (nSPS) is 14.9. The van der Waals surface area contributed by atoms with Gasteiger partial charge in [-0.15, -0.1) is 0 Å². The molecule has 2 amide bonds. The van der Waals surface area contributed by atoms with Gasteiger partial charge in [0, 0.05) is 23.9 Å². The number of sulfone groups is 1. The summed E-state index contributed by atoms with van der Waals surface area (Å²) in [5.41, 5.74) is 1.93. The molecule has 164 valence electrons. The highest BCUT2D eigenvalue weighted by atomic mass is 35.5. The van der Waals surface area contributed by atoms with Crippen LogP contribution in [-0.2, 0) is 21.1 Å². The van der Waals surface area contributed by atoms with Crippen molar-refractivity contribution >= 4 is 44.6 Å². The van der Waals surface area contributed by atoms with Crippen molar-refractivity contribution in [3.05, 3.63) is 82.9 Å². The van der Waals surface area contributed by atoms with Crippen LogP contribution < -0.4 is 15.4 Å². The summed E-state index contributed by atoms with van der Waals surface area (Å²) in [7, 11) is -3.44. The van der Waals surface area contributed by atoms with Gasteiger partial charge in [-0.3, -0.25) is 9.59 Å². The number of nitrogens with one attached hydrogen (secondary N) is 2. The first kappa shape index (κ1) is 21.9. The van der Waals surface area contributed by atoms with Gasteiger partial charge in [0.1, 0.15) is 5.75 Å². The van der Waals surface area contributed by atoms with Crippen molar-refractivity contribution in [2.45, 2.75) is 17.4 Å². The third kappa shape index (κ3) is 4.76. The summed E-state index contributed by atoms with van der Waals surface area (Å²) < 4.78 is 29.1. The van der Waals surface area contributed by atoms with E-state index in [0.717, 1.165) is 11.8 Å². The fraction of sp³-hybridized carbons (Fsp3) is 0.130. The number of carbonyl (C=O) groups excluding carboxylic acids is 2. The molecule has 0 fully saturated rings. The predicted octanol–water partition coefficient (Wildman–Crippen LogP) is 3.94. The minimum atomic E-state index is -3.44. The number of halogens is 1. The third-order valence-electron chi connectivity index (χ3n) is 4.95. The first-order chi connectivity index (χ1) is 15.2. The number of hydrogen-bond donors (Lipinski definition) is 2. The van der Waals surface area contributed by atoms with Crippen molar-refractivity contribution in [2.24, 2.45) is 0 Å². The van der Waals surface area contributed by atoms with Crippen LogP contribution in [0.4, 0.5) is 11.4 Å². The van der Waals surface area contributed by atoms with Crippen LogP contribution in [0.2, 0.25) is 5.02 Å². The second-order valence-corrected chi connectivity index (χ2v) is 9.78. The lowest BCUT2D eigenvalue weighted by atomic mass is 10.1. The molecule has 1 unspecified atom stereocenters. The molecule has 3 aromatic rings. The number of para-hydroxylation sites is 1. The van der Waals surface area contributed by atoms with Crippen LogP contribution in [-0.4, -0.2) is 32.6 Å². The average Bonchev–Trinajstić information content (AvgIpc) is 3.19. The van der Waals surface area contributed by atoms with Gasteiger partial charge in [-0.05, 0) is 48.0 Å². The predicted molar refractivity (Wildman–Crippen MR) is 122 cm³/mol. The molecule has 4 rings (SSSR count). The average molecular weight is 471 g/mol. The van der Waals surface area contributed by atoms with Crippen molar-refractivity contribution in [1.82, 2.24) is 0 Å². The Bertz CT molecular complexity index is 1300. The summed E-state index contributed by atoms with van der Waals surface area (Å²) in [5.74, 6) is -0.110. The smallest absolute Gasteiger partial charge is 0.265 e. The minimum absolute atomic E-state index is 0.0468. The van der Waals surface area contributed by atoms with Gasteiger partial charge in [-0.2, -0.15) is 0 Å². The van der Waals surface area contributed by atoms with Crippen molar-refractivity contribution in [2.75, 3.05) is 16.9 Å². The fourth-order valence-corrected chi connectivity index (χ4v) is 4.20. The highest BCUT2D eigenvalue weighted by Crippen LogP contribution is 2.30. The van der Waals surface area contributed by atoms with E-state index in [4.69, 9.17) is 16.3 Å². The summed E-state index contributed by atoms with van der Waals surface area (Å²) in [6, 6.07) is 17.9. The largest absolute Gasteiger partial charge is 0.480 e. The van der Waals surface area contributed by atoms with E-state index in [9.17, 15) is 18.0 Å². The summed E-state index contributed by atoms with van der Waals surface area (Å²) >= 11 is 6.29. The van der Waals surface area contributed by atoms with Crippen LogP contribution in [0.3, 0.4) is 0 Å². The van der Waals surface area contributed by atoms with E-state index in [1.807, 2.05) is 24.3 Å². The molecule has 0 bridgehead atoms. The molecule has 0 saturated heterocycles. The van der Waals surface area contributed by atoms with Gasteiger partial charge in [0.15, 0.2) is 15.9 Å². The Morgan fingerprint density at radius 2 is 1.78 bits per heavy atom. The molecule has 3 aromatic carbocycles. The molecule has 1 aliphatic rings. The number of ether oxygens (including phenoxy) is 1. The topological polar surface area (TPSA) is 102 Å². The fourth-order valence-electron chi connectivity index (χ4n) is 3.31. The SMILES string of the molecule is CS(=O)(=O)c1cccc(C(=O)Nc2ccc(NC(=O)C3Cc4ccccc4O3)cc2Cl)c1. The van der Waals surface area contributed by atoms with Crippen LogP contribution in [0, 0.1) is 0 Å². The molecule has 32 heavy (non-hydrogen) atoms. The zero-order chi connectivity index (χ0) is 22.9. The Hall–Kier alpha value is -3.36. The number of rotatable bonds is 5. The van der Waals surface area contributed by atoms with Crippen molar-refractivity contribution in [3.63, 3.8) is 0 Å². The number of amides is 2. The van der Waals surface area contributed by atoms with E-state index in [-0.39, 0.29) is 21.4 Å². The van der Waals surface area contributed by atoms with Crippen molar-refractivity contribution < 1.29 is 22.7 Å². The lowest BCUT2D eigenvalue weighted by Gasteiger charge is -2.13.